The van der Waals surface area contributed by atoms with Gasteiger partial charge >= 0.3 is 0 Å². The van der Waals surface area contributed by atoms with Crippen LogP contribution in [0, 0.1) is 0 Å². The molecule has 2 aromatic rings. The summed E-state index contributed by atoms with van der Waals surface area (Å²) in [7, 11) is 0. The Morgan fingerprint density at radius 2 is 2.11 bits per heavy atom. The Kier molecular flexibility index (Phi) is 3.33. The molecule has 100 valence electrons. The number of ether oxygens (including phenoxy) is 2. The van der Waals surface area contributed by atoms with Crippen molar-refractivity contribution in [1.29, 1.82) is 0 Å². The number of rotatable bonds is 5. The minimum absolute atomic E-state index is 0.285. The zero-order valence-corrected chi connectivity index (χ0v) is 10.6. The molecule has 0 unspecified atom stereocenters. The molecule has 0 saturated carbocycles. The van der Waals surface area contributed by atoms with Gasteiger partial charge in [-0.25, -0.2) is 4.68 Å². The van der Waals surface area contributed by atoms with Crippen molar-refractivity contribution < 1.29 is 9.47 Å². The van der Waals surface area contributed by atoms with Crippen molar-refractivity contribution in [3.8, 4) is 22.8 Å². The summed E-state index contributed by atoms with van der Waals surface area (Å²) in [5.41, 5.74) is 7.51. The fourth-order valence-corrected chi connectivity index (χ4v) is 2.11. The summed E-state index contributed by atoms with van der Waals surface area (Å²) in [6.07, 6.45) is 3.75. The van der Waals surface area contributed by atoms with Crippen LogP contribution in [-0.4, -0.2) is 28.3 Å². The van der Waals surface area contributed by atoms with E-state index in [9.17, 15) is 0 Å². The topological polar surface area (TPSA) is 75.2 Å². The van der Waals surface area contributed by atoms with E-state index >= 15 is 0 Å². The lowest BCUT2D eigenvalue weighted by molar-refractivity contribution is 0.174. The molecule has 0 spiro atoms. The number of nitrogens with two attached hydrogens (primary N) is 1. The van der Waals surface area contributed by atoms with Gasteiger partial charge in [0.25, 0.3) is 0 Å². The van der Waals surface area contributed by atoms with E-state index in [0.717, 1.165) is 42.1 Å². The Balaban J connectivity index is 1.84. The summed E-state index contributed by atoms with van der Waals surface area (Å²) < 4.78 is 12.6. The summed E-state index contributed by atoms with van der Waals surface area (Å²) in [4.78, 5) is 0. The van der Waals surface area contributed by atoms with Crippen LogP contribution in [0.5, 0.6) is 11.5 Å². The zero-order valence-electron chi connectivity index (χ0n) is 10.6. The monoisotopic (exact) mass is 260 g/mol. The molecular weight excluding hydrogens is 244 g/mol. The van der Waals surface area contributed by atoms with Crippen molar-refractivity contribution in [2.45, 2.75) is 19.4 Å². The van der Waals surface area contributed by atoms with Gasteiger partial charge in [-0.2, -0.15) is 0 Å². The van der Waals surface area contributed by atoms with Crippen LogP contribution >= 0.6 is 0 Å². The lowest BCUT2D eigenvalue weighted by Crippen LogP contribution is -2.05. The molecule has 19 heavy (non-hydrogen) atoms. The third-order valence-electron chi connectivity index (χ3n) is 3.11. The molecule has 0 aliphatic carbocycles. The molecule has 1 aromatic carbocycles. The second kappa shape index (κ2) is 5.27. The van der Waals surface area contributed by atoms with Crippen LogP contribution < -0.4 is 15.2 Å². The highest BCUT2D eigenvalue weighted by Crippen LogP contribution is 2.35. The first-order valence-electron chi connectivity index (χ1n) is 6.37. The normalized spacial score (nSPS) is 12.9. The van der Waals surface area contributed by atoms with Crippen LogP contribution in [0.15, 0.2) is 24.4 Å². The lowest BCUT2D eigenvalue weighted by Gasteiger charge is -2.06. The largest absolute Gasteiger partial charge is 0.454 e. The van der Waals surface area contributed by atoms with Gasteiger partial charge in [0, 0.05) is 12.1 Å². The summed E-state index contributed by atoms with van der Waals surface area (Å²) in [6, 6.07) is 5.86. The van der Waals surface area contributed by atoms with E-state index in [2.05, 4.69) is 10.3 Å². The average molecular weight is 260 g/mol. The predicted octanol–water partition coefficient (Wildman–Crippen LogP) is 1.41. The maximum atomic E-state index is 5.50. The van der Waals surface area contributed by atoms with Gasteiger partial charge in [-0.3, -0.25) is 0 Å². The highest BCUT2D eigenvalue weighted by Gasteiger charge is 2.15. The number of hydrogen-bond acceptors (Lipinski definition) is 5. The minimum Gasteiger partial charge on any atom is -0.454 e. The molecule has 0 radical (unpaired) electrons. The molecule has 1 aliphatic heterocycles. The first kappa shape index (κ1) is 12.0. The van der Waals surface area contributed by atoms with Crippen molar-refractivity contribution in [3.63, 3.8) is 0 Å². The number of nitrogens with zero attached hydrogens (tertiary/aromatic N) is 3. The highest BCUT2D eigenvalue weighted by molar-refractivity contribution is 5.63. The number of unbranched alkanes of at least 4 members (excludes halogenated alkanes) is 1. The number of aryl methyl sites for hydroxylation is 1. The van der Waals surface area contributed by atoms with E-state index in [4.69, 9.17) is 15.2 Å². The Hall–Kier alpha value is -2.08. The predicted molar refractivity (Wildman–Crippen MR) is 69.9 cm³/mol. The zero-order chi connectivity index (χ0) is 13.1. The van der Waals surface area contributed by atoms with Crippen LogP contribution in [0.2, 0.25) is 0 Å². The van der Waals surface area contributed by atoms with E-state index in [0.29, 0.717) is 6.54 Å². The van der Waals surface area contributed by atoms with Gasteiger partial charge in [0.1, 0.15) is 0 Å². The fraction of sp³-hybridized carbons (Fsp3) is 0.385. The molecule has 0 fully saturated rings. The molecule has 1 aliphatic rings. The molecule has 0 amide bonds. The maximum absolute atomic E-state index is 5.50. The van der Waals surface area contributed by atoms with Gasteiger partial charge in [0.2, 0.25) is 6.79 Å². The van der Waals surface area contributed by atoms with Crippen LogP contribution in [-0.2, 0) is 6.54 Å². The van der Waals surface area contributed by atoms with Crippen molar-refractivity contribution >= 4 is 0 Å². The molecule has 0 atom stereocenters. The van der Waals surface area contributed by atoms with Gasteiger partial charge in [-0.05, 0) is 37.6 Å². The highest BCUT2D eigenvalue weighted by atomic mass is 16.7. The smallest absolute Gasteiger partial charge is 0.231 e. The number of aromatic nitrogens is 3. The van der Waals surface area contributed by atoms with Gasteiger partial charge in [-0.15, -0.1) is 5.10 Å². The molecular formula is C13H16N4O2. The van der Waals surface area contributed by atoms with E-state index in [-0.39, 0.29) is 6.79 Å². The molecule has 1 aromatic heterocycles. The molecule has 2 heterocycles. The van der Waals surface area contributed by atoms with Gasteiger partial charge < -0.3 is 15.2 Å². The lowest BCUT2D eigenvalue weighted by atomic mass is 10.1. The third-order valence-corrected chi connectivity index (χ3v) is 3.11. The summed E-state index contributed by atoms with van der Waals surface area (Å²) in [5.74, 6) is 1.55. The number of benzene rings is 1. The Labute approximate surface area is 111 Å². The van der Waals surface area contributed by atoms with Crippen LogP contribution in [0.4, 0.5) is 0 Å². The summed E-state index contributed by atoms with van der Waals surface area (Å²) >= 11 is 0. The van der Waals surface area contributed by atoms with E-state index in [1.807, 2.05) is 22.9 Å². The summed E-state index contributed by atoms with van der Waals surface area (Å²) in [5, 5.41) is 8.09. The molecule has 3 rings (SSSR count). The summed E-state index contributed by atoms with van der Waals surface area (Å²) in [6.45, 7) is 1.81. The first-order valence-corrected chi connectivity index (χ1v) is 6.37. The Morgan fingerprint density at radius 3 is 3.00 bits per heavy atom. The van der Waals surface area contributed by atoms with Crippen molar-refractivity contribution in [3.05, 3.63) is 24.4 Å². The third kappa shape index (κ3) is 2.39. The van der Waals surface area contributed by atoms with Gasteiger partial charge in [0.15, 0.2) is 11.5 Å². The van der Waals surface area contributed by atoms with Crippen LogP contribution in [0.25, 0.3) is 11.3 Å². The van der Waals surface area contributed by atoms with E-state index in [1.165, 1.54) is 0 Å². The maximum Gasteiger partial charge on any atom is 0.231 e. The van der Waals surface area contributed by atoms with Crippen LogP contribution in [0.1, 0.15) is 12.8 Å². The quantitative estimate of drug-likeness (QED) is 0.823. The van der Waals surface area contributed by atoms with Crippen molar-refractivity contribution in [1.82, 2.24) is 15.0 Å². The molecule has 2 N–H and O–H groups in total. The van der Waals surface area contributed by atoms with Crippen molar-refractivity contribution in [2.24, 2.45) is 5.73 Å². The van der Waals surface area contributed by atoms with Gasteiger partial charge in [-0.1, -0.05) is 5.21 Å². The van der Waals surface area contributed by atoms with Crippen LogP contribution in [0.3, 0.4) is 0 Å². The van der Waals surface area contributed by atoms with Gasteiger partial charge in [0.05, 0.1) is 11.9 Å². The molecule has 0 saturated heterocycles. The molecule has 0 bridgehead atoms. The fourth-order valence-electron chi connectivity index (χ4n) is 2.11. The number of hydrogen-bond donors (Lipinski definition) is 1. The molecule has 6 heteroatoms. The van der Waals surface area contributed by atoms with E-state index < -0.39 is 0 Å². The minimum atomic E-state index is 0.285. The second-order valence-corrected chi connectivity index (χ2v) is 4.41. The SMILES string of the molecule is NCCCCn1nncc1-c1ccc2c(c1)OCO2. The Bertz CT molecular complexity index is 568. The second-order valence-electron chi connectivity index (χ2n) is 4.41. The average Bonchev–Trinajstić information content (AvgIpc) is 3.06. The molecule has 6 nitrogen and oxygen atoms in total. The van der Waals surface area contributed by atoms with Crippen molar-refractivity contribution in [2.75, 3.05) is 13.3 Å². The standard InChI is InChI=1S/C13H16N4O2/c14-5-1-2-6-17-11(8-15-16-17)10-3-4-12-13(7-10)19-9-18-12/h3-4,7-8H,1-2,5-6,9,14H2. The Morgan fingerprint density at radius 1 is 1.21 bits per heavy atom. The van der Waals surface area contributed by atoms with E-state index in [1.54, 1.807) is 6.20 Å². The first-order chi connectivity index (χ1) is 9.38. The number of fused-ring (bicyclic) bond motifs is 1.